The number of sulfone groups is 1. The summed E-state index contributed by atoms with van der Waals surface area (Å²) in [4.78, 5) is 4.38. The highest BCUT2D eigenvalue weighted by Gasteiger charge is 2.27. The summed E-state index contributed by atoms with van der Waals surface area (Å²) >= 11 is 0. The van der Waals surface area contributed by atoms with Gasteiger partial charge in [0.15, 0.2) is 15.8 Å². The lowest BCUT2D eigenvalue weighted by molar-refractivity contribution is 0.590. The van der Waals surface area contributed by atoms with Crippen LogP contribution in [0.4, 0.5) is 0 Å². The Hall–Kier alpha value is -0.310. The Morgan fingerprint density at radius 1 is 1.50 bits per heavy atom. The van der Waals surface area contributed by atoms with Crippen molar-refractivity contribution < 1.29 is 8.42 Å². The quantitative estimate of drug-likeness (QED) is 0.317. The maximum Gasteiger partial charge on any atom is 0.191 e. The monoisotopic (exact) mass is 387 g/mol. The van der Waals surface area contributed by atoms with E-state index < -0.39 is 9.84 Å². The van der Waals surface area contributed by atoms with Gasteiger partial charge in [0.05, 0.1) is 11.5 Å². The lowest BCUT2D eigenvalue weighted by Gasteiger charge is -2.10. The van der Waals surface area contributed by atoms with Crippen molar-refractivity contribution in [2.75, 3.05) is 31.1 Å². The maximum absolute atomic E-state index is 11.3. The van der Waals surface area contributed by atoms with E-state index in [1.54, 1.807) is 6.08 Å². The normalized spacial score (nSPS) is 22.1. The molecule has 0 saturated carbocycles. The first-order valence-electron chi connectivity index (χ1n) is 5.91. The van der Waals surface area contributed by atoms with Gasteiger partial charge in [-0.2, -0.15) is 0 Å². The fourth-order valence-corrected chi connectivity index (χ4v) is 3.60. The molecule has 1 unspecified atom stereocenters. The molecule has 1 saturated heterocycles. The highest BCUT2D eigenvalue weighted by molar-refractivity contribution is 14.0. The number of nitrogens with one attached hydrogen (secondary N) is 2. The van der Waals surface area contributed by atoms with Gasteiger partial charge in [-0.1, -0.05) is 6.08 Å². The van der Waals surface area contributed by atoms with Crippen molar-refractivity contribution >= 4 is 39.8 Å². The van der Waals surface area contributed by atoms with Crippen LogP contribution in [0.5, 0.6) is 0 Å². The molecule has 1 heterocycles. The third-order valence-electron chi connectivity index (χ3n) is 2.59. The minimum atomic E-state index is -2.80. The number of hydrogen-bond donors (Lipinski definition) is 2. The summed E-state index contributed by atoms with van der Waals surface area (Å²) < 4.78 is 22.6. The van der Waals surface area contributed by atoms with Gasteiger partial charge >= 0.3 is 0 Å². The van der Waals surface area contributed by atoms with Crippen molar-refractivity contribution in [3.63, 3.8) is 0 Å². The molecule has 0 amide bonds. The first-order chi connectivity index (χ1) is 8.07. The molecule has 18 heavy (non-hydrogen) atoms. The molecule has 0 aromatic heterocycles. The van der Waals surface area contributed by atoms with E-state index in [1.165, 1.54) is 0 Å². The van der Waals surface area contributed by atoms with Gasteiger partial charge in [0.25, 0.3) is 0 Å². The molecule has 0 aromatic carbocycles. The highest BCUT2D eigenvalue weighted by Crippen LogP contribution is 2.18. The molecule has 0 bridgehead atoms. The van der Waals surface area contributed by atoms with Gasteiger partial charge < -0.3 is 10.6 Å². The van der Waals surface area contributed by atoms with Crippen LogP contribution in [0.1, 0.15) is 13.3 Å². The van der Waals surface area contributed by atoms with Gasteiger partial charge in [0.2, 0.25) is 0 Å². The van der Waals surface area contributed by atoms with E-state index in [9.17, 15) is 8.42 Å². The molecule has 0 aromatic rings. The number of guanidine groups is 1. The first kappa shape index (κ1) is 17.7. The van der Waals surface area contributed by atoms with Crippen LogP contribution >= 0.6 is 24.0 Å². The smallest absolute Gasteiger partial charge is 0.191 e. The molecule has 106 valence electrons. The molecule has 1 fully saturated rings. The van der Waals surface area contributed by atoms with Crippen molar-refractivity contribution in [3.8, 4) is 0 Å². The topological polar surface area (TPSA) is 70.6 Å². The Labute approximate surface area is 126 Å². The minimum Gasteiger partial charge on any atom is -0.357 e. The predicted octanol–water partition coefficient (Wildman–Crippen LogP) is 0.780. The van der Waals surface area contributed by atoms with Crippen LogP contribution in [0, 0.1) is 5.92 Å². The largest absolute Gasteiger partial charge is 0.357 e. The summed E-state index contributed by atoms with van der Waals surface area (Å²) in [5.74, 6) is 1.47. The van der Waals surface area contributed by atoms with Crippen molar-refractivity contribution in [1.29, 1.82) is 0 Å². The van der Waals surface area contributed by atoms with E-state index in [1.807, 2.05) is 6.92 Å². The SMILES string of the molecule is C=CCNC(=NCC1CCS(=O)(=O)C1)NCC.I. The van der Waals surface area contributed by atoms with Gasteiger partial charge in [-0.3, -0.25) is 4.99 Å². The van der Waals surface area contributed by atoms with E-state index in [2.05, 4.69) is 22.2 Å². The fourth-order valence-electron chi connectivity index (χ4n) is 1.75. The molecule has 7 heteroatoms. The van der Waals surface area contributed by atoms with E-state index >= 15 is 0 Å². The van der Waals surface area contributed by atoms with Crippen LogP contribution < -0.4 is 10.6 Å². The Bertz CT molecular complexity index is 382. The first-order valence-corrected chi connectivity index (χ1v) is 7.73. The Morgan fingerprint density at radius 3 is 2.72 bits per heavy atom. The second-order valence-electron chi connectivity index (χ2n) is 4.16. The molecule has 2 N–H and O–H groups in total. The average molecular weight is 387 g/mol. The van der Waals surface area contributed by atoms with E-state index in [0.717, 1.165) is 18.9 Å². The summed E-state index contributed by atoms with van der Waals surface area (Å²) in [5, 5.41) is 6.19. The van der Waals surface area contributed by atoms with Gasteiger partial charge in [-0.15, -0.1) is 30.6 Å². The number of halogens is 1. The maximum atomic E-state index is 11.3. The van der Waals surface area contributed by atoms with E-state index in [4.69, 9.17) is 0 Å². The van der Waals surface area contributed by atoms with Crippen LogP contribution in [0.25, 0.3) is 0 Å². The van der Waals surface area contributed by atoms with E-state index in [0.29, 0.717) is 18.8 Å². The third kappa shape index (κ3) is 6.58. The van der Waals surface area contributed by atoms with Gasteiger partial charge in [0.1, 0.15) is 0 Å². The molecule has 0 spiro atoms. The predicted molar refractivity (Wildman–Crippen MR) is 86.4 cm³/mol. The number of nitrogens with zero attached hydrogens (tertiary/aromatic N) is 1. The Morgan fingerprint density at radius 2 is 2.22 bits per heavy atom. The Kier molecular flexibility index (Phi) is 8.58. The lowest BCUT2D eigenvalue weighted by atomic mass is 10.1. The van der Waals surface area contributed by atoms with Crippen LogP contribution in [-0.2, 0) is 9.84 Å². The van der Waals surface area contributed by atoms with Crippen molar-refractivity contribution in [1.82, 2.24) is 10.6 Å². The molecule has 1 aliphatic heterocycles. The molecule has 0 radical (unpaired) electrons. The van der Waals surface area contributed by atoms with Crippen LogP contribution in [0.2, 0.25) is 0 Å². The highest BCUT2D eigenvalue weighted by atomic mass is 127. The van der Waals surface area contributed by atoms with Crippen molar-refractivity contribution in [2.24, 2.45) is 10.9 Å². The molecule has 1 atom stereocenters. The lowest BCUT2D eigenvalue weighted by Crippen LogP contribution is -2.37. The van der Waals surface area contributed by atoms with Gasteiger partial charge in [-0.05, 0) is 19.3 Å². The molecular weight excluding hydrogens is 365 g/mol. The summed E-state index contributed by atoms with van der Waals surface area (Å²) in [7, 11) is -2.80. The minimum absolute atomic E-state index is 0. The average Bonchev–Trinajstić information content (AvgIpc) is 2.62. The Balaban J connectivity index is 0.00000289. The zero-order valence-corrected chi connectivity index (χ0v) is 13.8. The van der Waals surface area contributed by atoms with Crippen molar-refractivity contribution in [2.45, 2.75) is 13.3 Å². The van der Waals surface area contributed by atoms with E-state index in [-0.39, 0.29) is 35.6 Å². The summed E-state index contributed by atoms with van der Waals surface area (Å²) in [6.45, 7) is 7.61. The zero-order chi connectivity index (χ0) is 12.7. The second-order valence-corrected chi connectivity index (χ2v) is 6.39. The number of aliphatic imine (C=N–C) groups is 1. The van der Waals surface area contributed by atoms with Gasteiger partial charge in [-0.25, -0.2) is 8.42 Å². The second kappa shape index (κ2) is 8.73. The van der Waals surface area contributed by atoms with Crippen LogP contribution in [0.15, 0.2) is 17.6 Å². The van der Waals surface area contributed by atoms with Gasteiger partial charge in [0, 0.05) is 19.6 Å². The van der Waals surface area contributed by atoms with Crippen molar-refractivity contribution in [3.05, 3.63) is 12.7 Å². The molecule has 0 aliphatic carbocycles. The summed E-state index contributed by atoms with van der Waals surface area (Å²) in [6.07, 6.45) is 2.49. The number of rotatable bonds is 5. The standard InChI is InChI=1S/C11H21N3O2S.HI/c1-3-6-13-11(12-4-2)14-8-10-5-7-17(15,16)9-10;/h3,10H,1,4-9H2,2H3,(H2,12,13,14);1H. The van der Waals surface area contributed by atoms with Crippen LogP contribution in [-0.4, -0.2) is 45.5 Å². The zero-order valence-electron chi connectivity index (χ0n) is 10.7. The summed E-state index contributed by atoms with van der Waals surface area (Å²) in [6, 6.07) is 0. The molecule has 1 rings (SSSR count). The fraction of sp³-hybridized carbons (Fsp3) is 0.727. The van der Waals surface area contributed by atoms with Crippen LogP contribution in [0.3, 0.4) is 0 Å². The molecule has 5 nitrogen and oxygen atoms in total. The molecular formula is C11H22IN3O2S. The summed E-state index contributed by atoms with van der Waals surface area (Å²) in [5.41, 5.74) is 0. The third-order valence-corrected chi connectivity index (χ3v) is 4.43. The molecule has 1 aliphatic rings. The number of hydrogen-bond acceptors (Lipinski definition) is 3.